The topological polar surface area (TPSA) is 73.0 Å². The summed E-state index contributed by atoms with van der Waals surface area (Å²) in [5.41, 5.74) is 0.622. The highest BCUT2D eigenvalue weighted by molar-refractivity contribution is 5.60. The fourth-order valence-electron chi connectivity index (χ4n) is 2.10. The lowest BCUT2D eigenvalue weighted by Gasteiger charge is -2.15. The predicted molar refractivity (Wildman–Crippen MR) is 73.0 cm³/mol. The van der Waals surface area contributed by atoms with Crippen molar-refractivity contribution in [3.8, 4) is 0 Å². The maximum atomic E-state index is 13.2. The number of halogens is 2. The summed E-state index contributed by atoms with van der Waals surface area (Å²) in [5, 5.41) is 18.0. The molecule has 1 aromatic heterocycles. The first-order valence-electron chi connectivity index (χ1n) is 6.20. The molecule has 1 heterocycles. The number of rotatable bonds is 4. The van der Waals surface area contributed by atoms with Crippen LogP contribution in [0.1, 0.15) is 24.2 Å². The van der Waals surface area contributed by atoms with Crippen LogP contribution in [-0.2, 0) is 7.05 Å². The van der Waals surface area contributed by atoms with Gasteiger partial charge in [-0.25, -0.2) is 13.5 Å². The van der Waals surface area contributed by atoms with Crippen LogP contribution in [0.2, 0.25) is 0 Å². The van der Waals surface area contributed by atoms with Crippen LogP contribution in [0.15, 0.2) is 18.2 Å². The number of anilines is 1. The molecule has 1 aromatic carbocycles. The number of aromatic nitrogens is 2. The average molecular weight is 296 g/mol. The van der Waals surface area contributed by atoms with E-state index >= 15 is 0 Å². The molecule has 0 saturated heterocycles. The van der Waals surface area contributed by atoms with E-state index in [0.717, 1.165) is 12.1 Å². The van der Waals surface area contributed by atoms with Gasteiger partial charge in [0.05, 0.1) is 11.0 Å². The first-order chi connectivity index (χ1) is 9.81. The van der Waals surface area contributed by atoms with E-state index in [1.807, 2.05) is 0 Å². The van der Waals surface area contributed by atoms with Crippen LogP contribution in [0, 0.1) is 28.7 Å². The van der Waals surface area contributed by atoms with E-state index in [4.69, 9.17) is 0 Å². The van der Waals surface area contributed by atoms with Gasteiger partial charge >= 0.3 is 5.69 Å². The van der Waals surface area contributed by atoms with Gasteiger partial charge in [-0.2, -0.15) is 5.10 Å². The van der Waals surface area contributed by atoms with Gasteiger partial charge in [0.15, 0.2) is 11.6 Å². The molecule has 1 N–H and O–H groups in total. The minimum atomic E-state index is -0.961. The molecule has 21 heavy (non-hydrogen) atoms. The Bertz CT molecular complexity index is 700. The van der Waals surface area contributed by atoms with Gasteiger partial charge in [-0.1, -0.05) is 6.07 Å². The lowest BCUT2D eigenvalue weighted by molar-refractivity contribution is -0.384. The van der Waals surface area contributed by atoms with Crippen LogP contribution in [0.3, 0.4) is 0 Å². The lowest BCUT2D eigenvalue weighted by Crippen LogP contribution is -2.11. The number of nitrogens with zero attached hydrogens (tertiary/aromatic N) is 3. The van der Waals surface area contributed by atoms with Crippen LogP contribution in [0.4, 0.5) is 20.3 Å². The molecule has 0 aliphatic carbocycles. The monoisotopic (exact) mass is 296 g/mol. The third-order valence-electron chi connectivity index (χ3n) is 3.17. The molecule has 0 amide bonds. The van der Waals surface area contributed by atoms with Crippen molar-refractivity contribution in [2.45, 2.75) is 19.9 Å². The largest absolute Gasteiger partial charge is 0.358 e. The maximum absolute atomic E-state index is 13.2. The van der Waals surface area contributed by atoms with Gasteiger partial charge in [-0.05, 0) is 31.5 Å². The molecule has 0 spiro atoms. The zero-order valence-corrected chi connectivity index (χ0v) is 11.7. The molecular weight excluding hydrogens is 282 g/mol. The van der Waals surface area contributed by atoms with Crippen LogP contribution >= 0.6 is 0 Å². The molecule has 1 unspecified atom stereocenters. The molecular formula is C13H14F2N4O2. The second-order valence-corrected chi connectivity index (χ2v) is 4.70. The minimum Gasteiger partial charge on any atom is -0.358 e. The van der Waals surface area contributed by atoms with Crippen molar-refractivity contribution in [3.05, 3.63) is 51.2 Å². The SMILES string of the molecule is Cc1nn(C)c(NC(C)c2ccc(F)c(F)c2)c1[N+](=O)[O-]. The second kappa shape index (κ2) is 5.47. The summed E-state index contributed by atoms with van der Waals surface area (Å²) in [4.78, 5) is 10.6. The van der Waals surface area contributed by atoms with Gasteiger partial charge in [0, 0.05) is 7.05 Å². The van der Waals surface area contributed by atoms with Gasteiger partial charge in [0.1, 0.15) is 5.69 Å². The van der Waals surface area contributed by atoms with Crippen molar-refractivity contribution < 1.29 is 13.7 Å². The van der Waals surface area contributed by atoms with Crippen molar-refractivity contribution in [2.24, 2.45) is 7.05 Å². The maximum Gasteiger partial charge on any atom is 0.333 e. The molecule has 2 rings (SSSR count). The number of benzene rings is 1. The Morgan fingerprint density at radius 2 is 2.05 bits per heavy atom. The fourth-order valence-corrected chi connectivity index (χ4v) is 2.10. The van der Waals surface area contributed by atoms with E-state index in [9.17, 15) is 18.9 Å². The van der Waals surface area contributed by atoms with E-state index in [-0.39, 0.29) is 17.2 Å². The summed E-state index contributed by atoms with van der Waals surface area (Å²) in [6, 6.07) is 3.05. The number of nitro groups is 1. The van der Waals surface area contributed by atoms with Crippen molar-refractivity contribution in [1.29, 1.82) is 0 Å². The Labute approximate surface area is 119 Å². The highest BCUT2D eigenvalue weighted by Gasteiger charge is 2.25. The van der Waals surface area contributed by atoms with Crippen LogP contribution in [0.25, 0.3) is 0 Å². The fraction of sp³-hybridized carbons (Fsp3) is 0.308. The molecule has 0 aliphatic rings. The summed E-state index contributed by atoms with van der Waals surface area (Å²) >= 11 is 0. The van der Waals surface area contributed by atoms with Crippen LogP contribution in [0.5, 0.6) is 0 Å². The van der Waals surface area contributed by atoms with Crippen LogP contribution < -0.4 is 5.32 Å². The summed E-state index contributed by atoms with van der Waals surface area (Å²) in [6.45, 7) is 3.23. The van der Waals surface area contributed by atoms with E-state index < -0.39 is 22.6 Å². The molecule has 0 bridgehead atoms. The summed E-state index contributed by atoms with van der Waals surface area (Å²) in [7, 11) is 1.57. The molecule has 0 saturated carbocycles. The number of nitrogens with one attached hydrogen (secondary N) is 1. The molecule has 6 nitrogen and oxygen atoms in total. The summed E-state index contributed by atoms with van der Waals surface area (Å²) in [6.07, 6.45) is 0. The molecule has 8 heteroatoms. The summed E-state index contributed by atoms with van der Waals surface area (Å²) < 4.78 is 27.5. The van der Waals surface area contributed by atoms with Crippen molar-refractivity contribution in [3.63, 3.8) is 0 Å². The Morgan fingerprint density at radius 1 is 1.38 bits per heavy atom. The van der Waals surface area contributed by atoms with Gasteiger partial charge in [0.25, 0.3) is 0 Å². The van der Waals surface area contributed by atoms with Crippen molar-refractivity contribution in [2.75, 3.05) is 5.32 Å². The summed E-state index contributed by atoms with van der Waals surface area (Å²) in [5.74, 6) is -1.68. The van der Waals surface area contributed by atoms with E-state index in [1.165, 1.54) is 17.7 Å². The first kappa shape index (κ1) is 14.9. The average Bonchev–Trinajstić information content (AvgIpc) is 2.67. The van der Waals surface area contributed by atoms with Gasteiger partial charge < -0.3 is 5.32 Å². The minimum absolute atomic E-state index is 0.132. The molecule has 0 fully saturated rings. The highest BCUT2D eigenvalue weighted by Crippen LogP contribution is 2.30. The van der Waals surface area contributed by atoms with Crippen molar-refractivity contribution >= 4 is 11.5 Å². The highest BCUT2D eigenvalue weighted by atomic mass is 19.2. The van der Waals surface area contributed by atoms with Gasteiger partial charge in [-0.3, -0.25) is 10.1 Å². The Balaban J connectivity index is 2.33. The predicted octanol–water partition coefficient (Wildman–Crippen LogP) is 3.09. The Morgan fingerprint density at radius 3 is 2.62 bits per heavy atom. The second-order valence-electron chi connectivity index (χ2n) is 4.70. The van der Waals surface area contributed by atoms with Crippen LogP contribution in [-0.4, -0.2) is 14.7 Å². The molecule has 0 radical (unpaired) electrons. The van der Waals surface area contributed by atoms with Gasteiger partial charge in [0.2, 0.25) is 5.82 Å². The third-order valence-corrected chi connectivity index (χ3v) is 3.17. The zero-order chi connectivity index (χ0) is 15.7. The normalized spacial score (nSPS) is 12.2. The third kappa shape index (κ3) is 2.83. The molecule has 2 aromatic rings. The quantitative estimate of drug-likeness (QED) is 0.695. The number of hydrogen-bond donors (Lipinski definition) is 1. The molecule has 112 valence electrons. The number of aryl methyl sites for hydroxylation is 2. The van der Waals surface area contributed by atoms with E-state index in [1.54, 1.807) is 14.0 Å². The van der Waals surface area contributed by atoms with E-state index in [2.05, 4.69) is 10.4 Å². The Kier molecular flexibility index (Phi) is 3.88. The Hall–Kier alpha value is -2.51. The van der Waals surface area contributed by atoms with Crippen molar-refractivity contribution in [1.82, 2.24) is 9.78 Å². The number of hydrogen-bond acceptors (Lipinski definition) is 4. The molecule has 0 aliphatic heterocycles. The lowest BCUT2D eigenvalue weighted by atomic mass is 10.1. The van der Waals surface area contributed by atoms with E-state index in [0.29, 0.717) is 5.56 Å². The van der Waals surface area contributed by atoms with Gasteiger partial charge in [-0.15, -0.1) is 0 Å². The first-order valence-corrected chi connectivity index (χ1v) is 6.20. The smallest absolute Gasteiger partial charge is 0.333 e. The zero-order valence-electron chi connectivity index (χ0n) is 11.7. The molecule has 1 atom stereocenters. The standard InChI is InChI=1S/C13H14F2N4O2/c1-7(9-4-5-10(14)11(15)6-9)16-13-12(19(20)21)8(2)17-18(13)3/h4-7,16H,1-3H3.